The molecule has 1 amide bonds. The molecule has 170 valence electrons. The van der Waals surface area contributed by atoms with Gasteiger partial charge >= 0.3 is 0 Å². The molecule has 0 aromatic heterocycles. The summed E-state index contributed by atoms with van der Waals surface area (Å²) in [5, 5.41) is 12.4. The lowest BCUT2D eigenvalue weighted by Crippen LogP contribution is -2.50. The van der Waals surface area contributed by atoms with Gasteiger partial charge in [-0.1, -0.05) is 38.8 Å². The number of rotatable bonds is 6. The fraction of sp³-hybridized carbons (Fsp3) is 0.885. The van der Waals surface area contributed by atoms with Crippen molar-refractivity contribution in [1.29, 1.82) is 0 Å². The summed E-state index contributed by atoms with van der Waals surface area (Å²) in [4.78, 5) is 12.3. The highest BCUT2D eigenvalue weighted by atomic mass is 16.5. The molecule has 30 heavy (non-hydrogen) atoms. The van der Waals surface area contributed by atoms with Gasteiger partial charge in [0, 0.05) is 0 Å². The molecule has 4 rings (SSSR count). The number of fused-ring (bicyclic) bond motifs is 5. The molecule has 5 unspecified atom stereocenters. The fourth-order valence-electron chi connectivity index (χ4n) is 7.57. The summed E-state index contributed by atoms with van der Waals surface area (Å²) < 4.78 is 6.06. The minimum Gasteiger partial charge on any atom is -0.394 e. The Labute approximate surface area is 183 Å². The monoisotopic (exact) mass is 417 g/mol. The first-order valence-electron chi connectivity index (χ1n) is 12.5. The minimum atomic E-state index is -0.553. The molecule has 4 aliphatic carbocycles. The van der Waals surface area contributed by atoms with E-state index in [1.165, 1.54) is 44.9 Å². The third-order valence-corrected chi connectivity index (χ3v) is 9.86. The zero-order valence-corrected chi connectivity index (χ0v) is 19.6. The largest absolute Gasteiger partial charge is 0.394 e. The van der Waals surface area contributed by atoms with Gasteiger partial charge in [0.05, 0.1) is 18.2 Å². The van der Waals surface area contributed by atoms with Crippen LogP contribution in [0.2, 0.25) is 0 Å². The lowest BCUT2D eigenvalue weighted by atomic mass is 9.48. The highest BCUT2D eigenvalue weighted by Crippen LogP contribution is 2.64. The molecule has 0 spiro atoms. The first-order chi connectivity index (χ1) is 14.2. The predicted molar refractivity (Wildman–Crippen MR) is 120 cm³/mol. The first-order valence-corrected chi connectivity index (χ1v) is 12.5. The summed E-state index contributed by atoms with van der Waals surface area (Å²) in [6.07, 6.45) is 15.1. The number of allylic oxidation sites excluding steroid dienone is 1. The molecule has 0 heterocycles. The van der Waals surface area contributed by atoms with Gasteiger partial charge in [0.25, 0.3) is 0 Å². The maximum absolute atomic E-state index is 12.3. The third kappa shape index (κ3) is 3.88. The van der Waals surface area contributed by atoms with E-state index in [0.29, 0.717) is 17.3 Å². The minimum absolute atomic E-state index is 0.0491. The Bertz CT molecular complexity index is 684. The average molecular weight is 418 g/mol. The lowest BCUT2D eigenvalue weighted by Gasteiger charge is -2.57. The molecule has 0 bridgehead atoms. The lowest BCUT2D eigenvalue weighted by molar-refractivity contribution is -0.131. The molecule has 0 aromatic rings. The Balaban J connectivity index is 1.37. The third-order valence-electron chi connectivity index (χ3n) is 9.86. The van der Waals surface area contributed by atoms with Crippen LogP contribution in [-0.4, -0.2) is 35.9 Å². The second kappa shape index (κ2) is 8.24. The van der Waals surface area contributed by atoms with Gasteiger partial charge in [-0.15, -0.1) is 0 Å². The van der Waals surface area contributed by atoms with Crippen molar-refractivity contribution < 1.29 is 14.6 Å². The molecular weight excluding hydrogens is 374 g/mol. The summed E-state index contributed by atoms with van der Waals surface area (Å²) in [7, 11) is 0. The maximum atomic E-state index is 12.3. The molecule has 0 aliphatic heterocycles. The molecule has 4 nitrogen and oxygen atoms in total. The maximum Gasteiger partial charge on any atom is 0.246 e. The Kier molecular flexibility index (Phi) is 6.13. The Morgan fingerprint density at radius 3 is 2.77 bits per heavy atom. The van der Waals surface area contributed by atoms with E-state index >= 15 is 0 Å². The number of amides is 1. The average Bonchev–Trinajstić information content (AvgIpc) is 3.14. The van der Waals surface area contributed by atoms with Crippen molar-refractivity contribution in [2.24, 2.45) is 28.6 Å². The molecule has 4 aliphatic rings. The summed E-state index contributed by atoms with van der Waals surface area (Å²) in [5.41, 5.74) is 2.00. The van der Waals surface area contributed by atoms with Crippen LogP contribution in [0.5, 0.6) is 0 Å². The van der Waals surface area contributed by atoms with Crippen LogP contribution in [0.15, 0.2) is 11.6 Å². The summed E-state index contributed by atoms with van der Waals surface area (Å²) in [6.45, 7) is 8.99. The van der Waals surface area contributed by atoms with E-state index in [0.717, 1.165) is 30.6 Å². The van der Waals surface area contributed by atoms with Gasteiger partial charge < -0.3 is 15.2 Å². The van der Waals surface area contributed by atoms with E-state index in [4.69, 9.17) is 4.74 Å². The van der Waals surface area contributed by atoms with E-state index in [1.807, 2.05) is 13.8 Å². The van der Waals surface area contributed by atoms with Crippen LogP contribution in [0, 0.1) is 28.6 Å². The zero-order chi connectivity index (χ0) is 21.6. The Morgan fingerprint density at radius 2 is 2.03 bits per heavy atom. The highest BCUT2D eigenvalue weighted by molar-refractivity contribution is 5.78. The summed E-state index contributed by atoms with van der Waals surface area (Å²) in [5.74, 6) is 2.54. The quantitative estimate of drug-likeness (QED) is 0.598. The van der Waals surface area contributed by atoms with Gasteiger partial charge in [0.2, 0.25) is 5.91 Å². The molecular formula is C26H43NO3. The number of hydrogen-bond donors (Lipinski definition) is 2. The smallest absolute Gasteiger partial charge is 0.246 e. The molecule has 3 saturated carbocycles. The molecule has 0 aromatic carbocycles. The van der Waals surface area contributed by atoms with Gasteiger partial charge in [0.1, 0.15) is 6.61 Å². The number of aliphatic hydroxyl groups is 1. The fourth-order valence-corrected chi connectivity index (χ4v) is 7.57. The molecule has 3 fully saturated rings. The van der Waals surface area contributed by atoms with Gasteiger partial charge in [-0.2, -0.15) is 0 Å². The van der Waals surface area contributed by atoms with Crippen molar-refractivity contribution in [1.82, 2.24) is 5.32 Å². The van der Waals surface area contributed by atoms with Crippen molar-refractivity contribution in [3.05, 3.63) is 11.6 Å². The van der Waals surface area contributed by atoms with E-state index in [1.54, 1.807) is 5.57 Å². The van der Waals surface area contributed by atoms with E-state index in [9.17, 15) is 9.90 Å². The summed E-state index contributed by atoms with van der Waals surface area (Å²) in [6, 6.07) is 0. The zero-order valence-electron chi connectivity index (χ0n) is 19.6. The number of nitrogens with one attached hydrogen (secondary N) is 1. The Morgan fingerprint density at radius 1 is 1.23 bits per heavy atom. The van der Waals surface area contributed by atoms with Gasteiger partial charge in [-0.25, -0.2) is 0 Å². The van der Waals surface area contributed by atoms with Crippen LogP contribution in [0.4, 0.5) is 0 Å². The predicted octanol–water partition coefficient (Wildman–Crippen LogP) is 5.00. The van der Waals surface area contributed by atoms with Crippen LogP contribution in [0.3, 0.4) is 0 Å². The number of carbonyl (C=O) groups excluding carboxylic acids is 1. The molecule has 7 atom stereocenters. The van der Waals surface area contributed by atoms with Gasteiger partial charge in [-0.05, 0) is 93.3 Å². The number of aliphatic hydroxyl groups excluding tert-OH is 1. The SMILES string of the molecule is CCC(C)(CO)NC(=O)COC1CC[C@@]2(C)C(=CC[C@H]3C4CCCC4(C)CCC32)C1. The Hall–Kier alpha value is -0.870. The van der Waals surface area contributed by atoms with E-state index in [2.05, 4.69) is 25.2 Å². The topological polar surface area (TPSA) is 58.6 Å². The normalized spacial score (nSPS) is 42.4. The van der Waals surface area contributed by atoms with Crippen LogP contribution >= 0.6 is 0 Å². The molecule has 4 heteroatoms. The van der Waals surface area contributed by atoms with Crippen molar-refractivity contribution in [3.8, 4) is 0 Å². The van der Waals surface area contributed by atoms with Crippen LogP contribution < -0.4 is 5.32 Å². The first kappa shape index (κ1) is 22.3. The van der Waals surface area contributed by atoms with Crippen molar-refractivity contribution >= 4 is 5.91 Å². The second-order valence-electron chi connectivity index (χ2n) is 11.6. The van der Waals surface area contributed by atoms with E-state index in [-0.39, 0.29) is 25.2 Å². The van der Waals surface area contributed by atoms with Crippen LogP contribution in [0.1, 0.15) is 91.9 Å². The summed E-state index contributed by atoms with van der Waals surface area (Å²) >= 11 is 0. The second-order valence-corrected chi connectivity index (χ2v) is 11.6. The molecule has 2 N–H and O–H groups in total. The van der Waals surface area contributed by atoms with E-state index < -0.39 is 5.54 Å². The van der Waals surface area contributed by atoms with Gasteiger partial charge in [0.15, 0.2) is 0 Å². The molecule has 0 saturated heterocycles. The van der Waals surface area contributed by atoms with Crippen LogP contribution in [-0.2, 0) is 9.53 Å². The van der Waals surface area contributed by atoms with Crippen LogP contribution in [0.25, 0.3) is 0 Å². The number of ether oxygens (including phenoxy) is 1. The van der Waals surface area contributed by atoms with Crippen molar-refractivity contribution in [3.63, 3.8) is 0 Å². The standard InChI is InChI=1S/C26H43NO3/c1-5-25(3,17-28)27-23(29)16-30-19-10-14-26(4)18(15-19)8-9-20-21-7-6-12-24(21,2)13-11-22(20)26/h8,19-22,28H,5-7,9-17H2,1-4H3,(H,27,29)/t19?,20-,21?,22?,24?,25?,26-/m0/s1. The van der Waals surface area contributed by atoms with Gasteiger partial charge in [-0.3, -0.25) is 4.79 Å². The van der Waals surface area contributed by atoms with Crippen molar-refractivity contribution in [2.45, 2.75) is 104 Å². The molecule has 0 radical (unpaired) electrons. The van der Waals surface area contributed by atoms with Crippen molar-refractivity contribution in [2.75, 3.05) is 13.2 Å². The number of carbonyl (C=O) groups is 1. The highest BCUT2D eigenvalue weighted by Gasteiger charge is 2.55. The number of hydrogen-bond acceptors (Lipinski definition) is 3.